The summed E-state index contributed by atoms with van der Waals surface area (Å²) in [6.07, 6.45) is 3.83. The third-order valence-electron chi connectivity index (χ3n) is 3.98. The van der Waals surface area contributed by atoms with E-state index in [0.29, 0.717) is 30.4 Å². The first-order valence-corrected chi connectivity index (χ1v) is 7.39. The molecule has 2 aromatic rings. The number of aromatic amines is 1. The Hall–Kier alpha value is -2.18. The van der Waals surface area contributed by atoms with Gasteiger partial charge in [0.15, 0.2) is 5.69 Å². The lowest BCUT2D eigenvalue weighted by Gasteiger charge is -2.31. The van der Waals surface area contributed by atoms with Crippen molar-refractivity contribution in [2.75, 3.05) is 13.1 Å². The molecule has 1 N–H and O–H groups in total. The predicted octanol–water partition coefficient (Wildman–Crippen LogP) is 1.35. The highest BCUT2D eigenvalue weighted by Crippen LogP contribution is 2.26. The standard InChI is InChI=1S/C14H20N6O/c1-3-20-17-10(2)13(18-20)14(21)19-8-4-5-11(9-19)12-6-7-15-16-12/h6-7,11H,3-5,8-9H2,1-2H3,(H,15,16). The van der Waals surface area contributed by atoms with Crippen LogP contribution in [-0.4, -0.2) is 49.1 Å². The number of nitrogens with zero attached hydrogens (tertiary/aromatic N) is 5. The van der Waals surface area contributed by atoms with Crippen molar-refractivity contribution in [3.05, 3.63) is 29.3 Å². The average Bonchev–Trinajstić information content (AvgIpc) is 3.16. The number of likely N-dealkylation sites (tertiary alicyclic amines) is 1. The summed E-state index contributed by atoms with van der Waals surface area (Å²) >= 11 is 0. The molecule has 1 aliphatic heterocycles. The van der Waals surface area contributed by atoms with Crippen molar-refractivity contribution in [2.24, 2.45) is 0 Å². The molecule has 0 aromatic carbocycles. The summed E-state index contributed by atoms with van der Waals surface area (Å²) in [5, 5.41) is 15.6. The van der Waals surface area contributed by atoms with Gasteiger partial charge in [0.2, 0.25) is 0 Å². The Morgan fingerprint density at radius 2 is 2.33 bits per heavy atom. The molecule has 1 saturated heterocycles. The fraction of sp³-hybridized carbons (Fsp3) is 0.571. The summed E-state index contributed by atoms with van der Waals surface area (Å²) in [7, 11) is 0. The van der Waals surface area contributed by atoms with Gasteiger partial charge in [-0.1, -0.05) is 0 Å². The number of nitrogens with one attached hydrogen (secondary N) is 1. The number of hydrogen-bond donors (Lipinski definition) is 1. The maximum atomic E-state index is 12.6. The highest BCUT2D eigenvalue weighted by molar-refractivity contribution is 5.93. The van der Waals surface area contributed by atoms with Gasteiger partial charge in [-0.05, 0) is 32.8 Å². The number of amides is 1. The smallest absolute Gasteiger partial charge is 0.276 e. The number of carbonyl (C=O) groups is 1. The molecular formula is C14H20N6O. The second-order valence-electron chi connectivity index (χ2n) is 5.42. The maximum absolute atomic E-state index is 12.6. The summed E-state index contributed by atoms with van der Waals surface area (Å²) in [5.41, 5.74) is 2.27. The summed E-state index contributed by atoms with van der Waals surface area (Å²) in [6.45, 7) is 5.96. The number of rotatable bonds is 3. The van der Waals surface area contributed by atoms with E-state index >= 15 is 0 Å². The summed E-state index contributed by atoms with van der Waals surface area (Å²) in [6, 6.07) is 1.98. The minimum absolute atomic E-state index is 0.0172. The van der Waals surface area contributed by atoms with E-state index in [0.717, 1.165) is 25.1 Å². The Kier molecular flexibility index (Phi) is 3.72. The third kappa shape index (κ3) is 2.68. The predicted molar refractivity (Wildman–Crippen MR) is 76.9 cm³/mol. The maximum Gasteiger partial charge on any atom is 0.276 e. The zero-order chi connectivity index (χ0) is 14.8. The molecular weight excluding hydrogens is 268 g/mol. The first-order valence-electron chi connectivity index (χ1n) is 7.39. The fourth-order valence-corrected chi connectivity index (χ4v) is 2.83. The summed E-state index contributed by atoms with van der Waals surface area (Å²) < 4.78 is 0. The molecule has 1 fully saturated rings. The van der Waals surface area contributed by atoms with Crippen LogP contribution in [-0.2, 0) is 6.54 Å². The summed E-state index contributed by atoms with van der Waals surface area (Å²) in [5.74, 6) is 0.308. The number of hydrogen-bond acceptors (Lipinski definition) is 4. The number of carbonyl (C=O) groups excluding carboxylic acids is 1. The van der Waals surface area contributed by atoms with Crippen molar-refractivity contribution in [2.45, 2.75) is 39.2 Å². The van der Waals surface area contributed by atoms with Gasteiger partial charge in [-0.3, -0.25) is 9.89 Å². The molecule has 1 atom stereocenters. The van der Waals surface area contributed by atoms with Gasteiger partial charge in [0.25, 0.3) is 5.91 Å². The van der Waals surface area contributed by atoms with Gasteiger partial charge in [-0.15, -0.1) is 5.10 Å². The van der Waals surface area contributed by atoms with Crippen LogP contribution in [0.3, 0.4) is 0 Å². The number of aryl methyl sites for hydroxylation is 2. The summed E-state index contributed by atoms with van der Waals surface area (Å²) in [4.78, 5) is 16.1. The zero-order valence-corrected chi connectivity index (χ0v) is 12.4. The molecule has 0 aliphatic carbocycles. The molecule has 1 unspecified atom stereocenters. The van der Waals surface area contributed by atoms with Crippen LogP contribution >= 0.6 is 0 Å². The molecule has 3 rings (SSSR count). The molecule has 1 amide bonds. The lowest BCUT2D eigenvalue weighted by atomic mass is 9.94. The van der Waals surface area contributed by atoms with E-state index in [-0.39, 0.29) is 5.91 Å². The van der Waals surface area contributed by atoms with Gasteiger partial charge in [0.05, 0.1) is 12.2 Å². The van der Waals surface area contributed by atoms with Crippen LogP contribution in [0, 0.1) is 6.92 Å². The van der Waals surface area contributed by atoms with Crippen molar-refractivity contribution >= 4 is 5.91 Å². The fourth-order valence-electron chi connectivity index (χ4n) is 2.83. The van der Waals surface area contributed by atoms with Gasteiger partial charge < -0.3 is 4.90 Å². The van der Waals surface area contributed by atoms with Crippen LogP contribution in [0.1, 0.15) is 47.6 Å². The Morgan fingerprint density at radius 3 is 3.00 bits per heavy atom. The molecule has 2 aromatic heterocycles. The van der Waals surface area contributed by atoms with E-state index in [1.54, 1.807) is 11.0 Å². The number of H-pyrrole nitrogens is 1. The van der Waals surface area contributed by atoms with E-state index in [9.17, 15) is 4.79 Å². The Labute approximate surface area is 123 Å². The van der Waals surface area contributed by atoms with Crippen LogP contribution in [0.2, 0.25) is 0 Å². The van der Waals surface area contributed by atoms with Gasteiger partial charge >= 0.3 is 0 Å². The highest BCUT2D eigenvalue weighted by Gasteiger charge is 2.28. The van der Waals surface area contributed by atoms with Crippen LogP contribution in [0.25, 0.3) is 0 Å². The molecule has 0 spiro atoms. The molecule has 0 bridgehead atoms. The van der Waals surface area contributed by atoms with E-state index in [1.165, 1.54) is 0 Å². The van der Waals surface area contributed by atoms with Gasteiger partial charge in [-0.2, -0.15) is 15.0 Å². The minimum atomic E-state index is -0.0172. The second kappa shape index (κ2) is 5.67. The van der Waals surface area contributed by atoms with E-state index < -0.39 is 0 Å². The van der Waals surface area contributed by atoms with Gasteiger partial charge in [-0.25, -0.2) is 0 Å². The monoisotopic (exact) mass is 288 g/mol. The highest BCUT2D eigenvalue weighted by atomic mass is 16.2. The normalized spacial score (nSPS) is 19.0. The molecule has 112 valence electrons. The number of piperidine rings is 1. The molecule has 3 heterocycles. The minimum Gasteiger partial charge on any atom is -0.337 e. The van der Waals surface area contributed by atoms with Crippen LogP contribution in [0.5, 0.6) is 0 Å². The Bertz CT molecular complexity index is 617. The van der Waals surface area contributed by atoms with E-state index in [4.69, 9.17) is 0 Å². The van der Waals surface area contributed by atoms with Crippen LogP contribution in [0.4, 0.5) is 0 Å². The second-order valence-corrected chi connectivity index (χ2v) is 5.42. The largest absolute Gasteiger partial charge is 0.337 e. The van der Waals surface area contributed by atoms with Crippen molar-refractivity contribution in [1.29, 1.82) is 0 Å². The molecule has 7 nitrogen and oxygen atoms in total. The average molecular weight is 288 g/mol. The third-order valence-corrected chi connectivity index (χ3v) is 3.98. The molecule has 0 radical (unpaired) electrons. The van der Waals surface area contributed by atoms with Crippen molar-refractivity contribution in [1.82, 2.24) is 30.1 Å². The topological polar surface area (TPSA) is 79.7 Å². The SMILES string of the molecule is CCn1nc(C)c(C(=O)N2CCCC(c3ccn[nH]3)C2)n1. The van der Waals surface area contributed by atoms with Crippen molar-refractivity contribution < 1.29 is 4.79 Å². The lowest BCUT2D eigenvalue weighted by Crippen LogP contribution is -2.39. The van der Waals surface area contributed by atoms with Gasteiger partial charge in [0.1, 0.15) is 0 Å². The molecule has 7 heteroatoms. The Balaban J connectivity index is 1.76. The Morgan fingerprint density at radius 1 is 1.48 bits per heavy atom. The van der Waals surface area contributed by atoms with E-state index in [1.807, 2.05) is 24.8 Å². The van der Waals surface area contributed by atoms with E-state index in [2.05, 4.69) is 20.4 Å². The van der Waals surface area contributed by atoms with Crippen LogP contribution in [0.15, 0.2) is 12.3 Å². The number of aromatic nitrogens is 5. The molecule has 0 saturated carbocycles. The zero-order valence-electron chi connectivity index (χ0n) is 12.4. The lowest BCUT2D eigenvalue weighted by molar-refractivity contribution is 0.0698. The molecule has 1 aliphatic rings. The van der Waals surface area contributed by atoms with Crippen molar-refractivity contribution in [3.8, 4) is 0 Å². The van der Waals surface area contributed by atoms with Gasteiger partial charge in [0, 0.05) is 30.9 Å². The van der Waals surface area contributed by atoms with Crippen LogP contribution < -0.4 is 0 Å². The quantitative estimate of drug-likeness (QED) is 0.924. The molecule has 21 heavy (non-hydrogen) atoms. The first kappa shape index (κ1) is 13.8. The van der Waals surface area contributed by atoms with Crippen molar-refractivity contribution in [3.63, 3.8) is 0 Å². The first-order chi connectivity index (χ1) is 10.2.